The van der Waals surface area contributed by atoms with Crippen molar-refractivity contribution < 1.29 is 9.53 Å². The number of aromatic nitrogens is 3. The first-order valence-corrected chi connectivity index (χ1v) is 8.02. The van der Waals surface area contributed by atoms with E-state index in [1.54, 1.807) is 22.8 Å². The Balaban J connectivity index is 1.68. The summed E-state index contributed by atoms with van der Waals surface area (Å²) in [6.07, 6.45) is 5.60. The van der Waals surface area contributed by atoms with Gasteiger partial charge in [0.15, 0.2) is 0 Å². The van der Waals surface area contributed by atoms with Crippen LogP contribution in [0.3, 0.4) is 0 Å². The molecule has 0 aliphatic carbocycles. The highest BCUT2D eigenvalue weighted by Gasteiger charge is 2.23. The molecule has 7 nitrogen and oxygen atoms in total. The molecule has 1 unspecified atom stereocenters. The largest absolute Gasteiger partial charge is 0.376 e. The number of anilines is 1. The number of urea groups is 1. The van der Waals surface area contributed by atoms with Crippen LogP contribution in [-0.2, 0) is 11.3 Å². The van der Waals surface area contributed by atoms with Crippen LogP contribution in [0.25, 0.3) is 0 Å². The van der Waals surface area contributed by atoms with E-state index in [9.17, 15) is 4.79 Å². The average molecular weight is 319 g/mol. The molecule has 1 aliphatic heterocycles. The molecule has 1 N–H and O–H groups in total. The molecule has 1 aliphatic rings. The second-order valence-corrected chi connectivity index (χ2v) is 5.88. The minimum atomic E-state index is -0.198. The third-order valence-electron chi connectivity index (χ3n) is 3.41. The molecule has 0 spiro atoms. The zero-order chi connectivity index (χ0) is 15.2. The van der Waals surface area contributed by atoms with Crippen LogP contribution in [0.4, 0.5) is 9.93 Å². The fraction of sp³-hybridized carbons (Fsp3) is 0.429. The van der Waals surface area contributed by atoms with E-state index in [2.05, 4.69) is 20.5 Å². The van der Waals surface area contributed by atoms with Gasteiger partial charge in [0, 0.05) is 32.1 Å². The summed E-state index contributed by atoms with van der Waals surface area (Å²) in [5, 5.41) is 10.8. The van der Waals surface area contributed by atoms with E-state index in [-0.39, 0.29) is 12.1 Å². The van der Waals surface area contributed by atoms with Crippen molar-refractivity contribution in [3.05, 3.63) is 35.6 Å². The third kappa shape index (κ3) is 3.99. The van der Waals surface area contributed by atoms with Gasteiger partial charge in [0.1, 0.15) is 5.51 Å². The third-order valence-corrected chi connectivity index (χ3v) is 4.01. The van der Waals surface area contributed by atoms with Crippen LogP contribution in [0.2, 0.25) is 0 Å². The lowest BCUT2D eigenvalue weighted by Crippen LogP contribution is -2.39. The van der Waals surface area contributed by atoms with Gasteiger partial charge in [-0.15, -0.1) is 10.2 Å². The summed E-state index contributed by atoms with van der Waals surface area (Å²) in [4.78, 5) is 18.3. The molecule has 2 amide bonds. The molecular weight excluding hydrogens is 302 g/mol. The van der Waals surface area contributed by atoms with E-state index >= 15 is 0 Å². The Labute approximate surface area is 132 Å². The van der Waals surface area contributed by atoms with E-state index in [1.807, 2.05) is 12.1 Å². The number of nitrogens with one attached hydrogen (secondary N) is 1. The van der Waals surface area contributed by atoms with Crippen molar-refractivity contribution in [2.45, 2.75) is 25.5 Å². The van der Waals surface area contributed by atoms with Crippen molar-refractivity contribution in [3.63, 3.8) is 0 Å². The van der Waals surface area contributed by atoms with Crippen LogP contribution >= 0.6 is 11.3 Å². The van der Waals surface area contributed by atoms with Crippen LogP contribution < -0.4 is 5.32 Å². The Morgan fingerprint density at radius 3 is 3.18 bits per heavy atom. The molecule has 3 heterocycles. The summed E-state index contributed by atoms with van der Waals surface area (Å²) in [7, 11) is 0. The number of carbonyl (C=O) groups is 1. The van der Waals surface area contributed by atoms with Crippen LogP contribution in [0.15, 0.2) is 30.0 Å². The molecule has 22 heavy (non-hydrogen) atoms. The average Bonchev–Trinajstić information content (AvgIpc) is 3.21. The van der Waals surface area contributed by atoms with Crippen molar-refractivity contribution in [2.24, 2.45) is 0 Å². The van der Waals surface area contributed by atoms with E-state index < -0.39 is 0 Å². The Kier molecular flexibility index (Phi) is 4.92. The van der Waals surface area contributed by atoms with Crippen molar-refractivity contribution >= 4 is 22.5 Å². The first kappa shape index (κ1) is 14.9. The normalized spacial score (nSPS) is 17.4. The quantitative estimate of drug-likeness (QED) is 0.913. The molecular formula is C14H17N5O2S. The number of rotatable bonds is 5. The van der Waals surface area contributed by atoms with Crippen molar-refractivity contribution in [1.82, 2.24) is 20.1 Å². The van der Waals surface area contributed by atoms with Gasteiger partial charge in [-0.05, 0) is 24.5 Å². The maximum atomic E-state index is 12.5. The summed E-state index contributed by atoms with van der Waals surface area (Å²) < 4.78 is 5.64. The molecule has 0 saturated carbocycles. The predicted molar refractivity (Wildman–Crippen MR) is 82.5 cm³/mol. The number of pyridine rings is 1. The maximum absolute atomic E-state index is 12.5. The van der Waals surface area contributed by atoms with E-state index in [1.165, 1.54) is 11.3 Å². The van der Waals surface area contributed by atoms with E-state index in [4.69, 9.17) is 4.74 Å². The molecule has 2 aromatic rings. The van der Waals surface area contributed by atoms with E-state index in [0.29, 0.717) is 18.2 Å². The van der Waals surface area contributed by atoms with Crippen molar-refractivity contribution in [3.8, 4) is 0 Å². The molecule has 2 aromatic heterocycles. The second-order valence-electron chi connectivity index (χ2n) is 5.05. The topological polar surface area (TPSA) is 80.2 Å². The molecule has 1 saturated heterocycles. The SMILES string of the molecule is O=C(Nc1nncs1)N(Cc1cccnc1)CC1CCCO1. The first-order chi connectivity index (χ1) is 10.8. The molecule has 0 aromatic carbocycles. The number of hydrogen-bond donors (Lipinski definition) is 1. The fourth-order valence-corrected chi connectivity index (χ4v) is 2.80. The van der Waals surface area contributed by atoms with Gasteiger partial charge in [0.25, 0.3) is 0 Å². The molecule has 3 rings (SSSR count). The number of carbonyl (C=O) groups excluding carboxylic acids is 1. The lowest BCUT2D eigenvalue weighted by atomic mass is 10.2. The van der Waals surface area contributed by atoms with Gasteiger partial charge in [-0.25, -0.2) is 4.79 Å². The number of ether oxygens (including phenoxy) is 1. The van der Waals surface area contributed by atoms with Gasteiger partial charge < -0.3 is 9.64 Å². The molecule has 0 radical (unpaired) electrons. The Morgan fingerprint density at radius 1 is 1.55 bits per heavy atom. The summed E-state index contributed by atoms with van der Waals surface area (Å²) in [6.45, 7) is 1.81. The van der Waals surface area contributed by atoms with Gasteiger partial charge >= 0.3 is 6.03 Å². The number of amides is 2. The lowest BCUT2D eigenvalue weighted by Gasteiger charge is -2.25. The fourth-order valence-electron chi connectivity index (χ4n) is 2.36. The zero-order valence-electron chi connectivity index (χ0n) is 12.0. The van der Waals surface area contributed by atoms with Gasteiger partial charge in [-0.3, -0.25) is 10.3 Å². The number of hydrogen-bond acceptors (Lipinski definition) is 6. The Morgan fingerprint density at radius 2 is 2.50 bits per heavy atom. The molecule has 0 bridgehead atoms. The molecule has 1 fully saturated rings. The van der Waals surface area contributed by atoms with Crippen LogP contribution in [0, 0.1) is 0 Å². The van der Waals surface area contributed by atoms with Gasteiger partial charge in [0.05, 0.1) is 6.10 Å². The summed E-state index contributed by atoms with van der Waals surface area (Å²) in [5.74, 6) is 0. The van der Waals surface area contributed by atoms with Gasteiger partial charge in [-0.1, -0.05) is 17.4 Å². The molecule has 116 valence electrons. The molecule has 1 atom stereocenters. The lowest BCUT2D eigenvalue weighted by molar-refractivity contribution is 0.0819. The van der Waals surface area contributed by atoms with Crippen LogP contribution in [0.1, 0.15) is 18.4 Å². The Bertz CT molecular complexity index is 587. The summed E-state index contributed by atoms with van der Waals surface area (Å²) in [6, 6.07) is 3.62. The minimum absolute atomic E-state index is 0.0943. The highest BCUT2D eigenvalue weighted by Crippen LogP contribution is 2.16. The predicted octanol–water partition coefficient (Wildman–Crippen LogP) is 2.15. The molecule has 8 heteroatoms. The second kappa shape index (κ2) is 7.28. The standard InChI is InChI=1S/C14H17N5O2S/c20-14(17-13-18-16-10-22-13)19(9-12-4-2-6-21-12)8-11-3-1-5-15-7-11/h1,3,5,7,10,12H,2,4,6,8-9H2,(H,17,18,20). The Hall–Kier alpha value is -2.06. The first-order valence-electron chi connectivity index (χ1n) is 7.14. The summed E-state index contributed by atoms with van der Waals surface area (Å²) in [5.41, 5.74) is 2.56. The van der Waals surface area contributed by atoms with Crippen molar-refractivity contribution in [1.29, 1.82) is 0 Å². The van der Waals surface area contributed by atoms with Crippen LogP contribution in [-0.4, -0.2) is 45.4 Å². The zero-order valence-corrected chi connectivity index (χ0v) is 12.8. The van der Waals surface area contributed by atoms with Gasteiger partial charge in [0.2, 0.25) is 5.13 Å². The minimum Gasteiger partial charge on any atom is -0.376 e. The van der Waals surface area contributed by atoms with Gasteiger partial charge in [-0.2, -0.15) is 0 Å². The summed E-state index contributed by atoms with van der Waals surface area (Å²) >= 11 is 1.29. The number of nitrogens with zero attached hydrogens (tertiary/aromatic N) is 4. The monoisotopic (exact) mass is 319 g/mol. The highest BCUT2D eigenvalue weighted by molar-refractivity contribution is 7.13. The smallest absolute Gasteiger partial charge is 0.324 e. The highest BCUT2D eigenvalue weighted by atomic mass is 32.1. The van der Waals surface area contributed by atoms with Crippen LogP contribution in [0.5, 0.6) is 0 Å². The van der Waals surface area contributed by atoms with Crippen molar-refractivity contribution in [2.75, 3.05) is 18.5 Å². The maximum Gasteiger partial charge on any atom is 0.324 e. The van der Waals surface area contributed by atoms with E-state index in [0.717, 1.165) is 25.0 Å².